The van der Waals surface area contributed by atoms with Crippen molar-refractivity contribution in [2.75, 3.05) is 32.7 Å². The van der Waals surface area contributed by atoms with Gasteiger partial charge in [-0.3, -0.25) is 19.8 Å². The minimum atomic E-state index is -0.391. The molecule has 4 N–H and O–H groups in total. The lowest BCUT2D eigenvalue weighted by atomic mass is 9.98. The highest BCUT2D eigenvalue weighted by Gasteiger charge is 2.27. The Morgan fingerprint density at radius 2 is 1.88 bits per heavy atom. The summed E-state index contributed by atoms with van der Waals surface area (Å²) in [6, 6.07) is -0.196. The van der Waals surface area contributed by atoms with Crippen LogP contribution in [0.1, 0.15) is 38.5 Å². The fraction of sp³-hybridized carbons (Fsp3) is 0.824. The van der Waals surface area contributed by atoms with Crippen LogP contribution in [0.5, 0.6) is 0 Å². The van der Waals surface area contributed by atoms with E-state index >= 15 is 0 Å². The molecule has 0 aromatic rings. The van der Waals surface area contributed by atoms with Crippen LogP contribution in [0.3, 0.4) is 0 Å². The third kappa shape index (κ3) is 6.74. The molecule has 1 saturated carbocycles. The molecule has 1 aliphatic carbocycles. The van der Waals surface area contributed by atoms with E-state index in [4.69, 9.17) is 0 Å². The zero-order valence-corrected chi connectivity index (χ0v) is 15.9. The number of hydrogen-bond donors (Lipinski definition) is 4. The minimum Gasteiger partial charge on any atom is -0.354 e. The first-order valence-corrected chi connectivity index (χ1v) is 9.44. The molecular weight excluding hydrogens is 358 g/mol. The van der Waals surface area contributed by atoms with Gasteiger partial charge in [-0.15, -0.1) is 12.4 Å². The van der Waals surface area contributed by atoms with Crippen molar-refractivity contribution in [3.8, 4) is 0 Å². The number of piperidine rings is 1. The third-order valence-electron chi connectivity index (χ3n) is 5.08. The smallest absolute Gasteiger partial charge is 0.321 e. The molecule has 2 unspecified atom stereocenters. The zero-order chi connectivity index (χ0) is 17.6. The van der Waals surface area contributed by atoms with Gasteiger partial charge >= 0.3 is 6.03 Å². The number of amides is 4. The molecule has 0 radical (unpaired) electrons. The van der Waals surface area contributed by atoms with Crippen molar-refractivity contribution in [3.63, 3.8) is 0 Å². The van der Waals surface area contributed by atoms with Crippen LogP contribution in [0.15, 0.2) is 0 Å². The van der Waals surface area contributed by atoms with Crippen molar-refractivity contribution in [1.82, 2.24) is 26.2 Å². The Balaban J connectivity index is 0.00000243. The minimum absolute atomic E-state index is 0. The Hall–Kier alpha value is -1.38. The quantitative estimate of drug-likeness (QED) is 0.513. The number of urea groups is 1. The van der Waals surface area contributed by atoms with Crippen LogP contribution in [0.4, 0.5) is 4.79 Å². The summed E-state index contributed by atoms with van der Waals surface area (Å²) < 4.78 is 0. The lowest BCUT2D eigenvalue weighted by molar-refractivity contribution is -0.124. The van der Waals surface area contributed by atoms with Crippen molar-refractivity contribution >= 4 is 30.3 Å². The lowest BCUT2D eigenvalue weighted by Crippen LogP contribution is -2.49. The van der Waals surface area contributed by atoms with E-state index in [0.717, 1.165) is 58.2 Å². The normalized spacial score (nSPS) is 25.8. The maximum atomic E-state index is 12.1. The Bertz CT molecular complexity index is 509. The van der Waals surface area contributed by atoms with E-state index < -0.39 is 6.03 Å². The van der Waals surface area contributed by atoms with Gasteiger partial charge in [-0.2, -0.15) is 0 Å². The van der Waals surface area contributed by atoms with Gasteiger partial charge in [0.05, 0.1) is 12.6 Å². The first-order chi connectivity index (χ1) is 12.1. The first kappa shape index (κ1) is 20.9. The van der Waals surface area contributed by atoms with E-state index in [1.165, 1.54) is 0 Å². The number of imide groups is 1. The van der Waals surface area contributed by atoms with Crippen molar-refractivity contribution in [3.05, 3.63) is 0 Å². The highest BCUT2D eigenvalue weighted by molar-refractivity contribution is 5.95. The number of likely N-dealkylation sites (tertiary alicyclic amines) is 1. The summed E-state index contributed by atoms with van der Waals surface area (Å²) in [5, 5.41) is 11.4. The second-order valence-electron chi connectivity index (χ2n) is 7.43. The molecule has 3 rings (SSSR count). The molecule has 0 aromatic carbocycles. The summed E-state index contributed by atoms with van der Waals surface area (Å²) in [4.78, 5) is 37.7. The largest absolute Gasteiger partial charge is 0.354 e. The van der Waals surface area contributed by atoms with Crippen molar-refractivity contribution in [2.45, 2.75) is 50.6 Å². The highest BCUT2D eigenvalue weighted by atomic mass is 35.5. The van der Waals surface area contributed by atoms with E-state index in [2.05, 4.69) is 26.2 Å². The summed E-state index contributed by atoms with van der Waals surface area (Å²) in [5.41, 5.74) is 0. The fourth-order valence-electron chi connectivity index (χ4n) is 3.56. The molecule has 3 aliphatic rings. The van der Waals surface area contributed by atoms with Gasteiger partial charge in [0.25, 0.3) is 0 Å². The third-order valence-corrected chi connectivity index (χ3v) is 5.08. The van der Waals surface area contributed by atoms with Crippen molar-refractivity contribution < 1.29 is 14.4 Å². The average Bonchev–Trinajstić information content (AvgIpc) is 3.21. The number of carbonyl (C=O) groups is 3. The van der Waals surface area contributed by atoms with E-state index in [9.17, 15) is 14.4 Å². The number of nitrogens with zero attached hydrogens (tertiary/aromatic N) is 1. The van der Waals surface area contributed by atoms with Crippen LogP contribution in [0, 0.1) is 5.92 Å². The monoisotopic (exact) mass is 387 g/mol. The molecule has 0 spiro atoms. The van der Waals surface area contributed by atoms with Crippen LogP contribution in [0.2, 0.25) is 0 Å². The molecule has 148 valence electrons. The maximum Gasteiger partial charge on any atom is 0.321 e. The molecule has 0 aromatic heterocycles. The molecular formula is C17H30ClN5O3. The zero-order valence-electron chi connectivity index (χ0n) is 15.1. The summed E-state index contributed by atoms with van der Waals surface area (Å²) in [5.74, 6) is 0.175. The van der Waals surface area contributed by atoms with Gasteiger partial charge in [0.1, 0.15) is 0 Å². The van der Waals surface area contributed by atoms with Gasteiger partial charge in [-0.1, -0.05) is 0 Å². The Morgan fingerprint density at radius 1 is 1.08 bits per heavy atom. The maximum absolute atomic E-state index is 12.1. The van der Waals surface area contributed by atoms with Crippen molar-refractivity contribution in [1.29, 1.82) is 0 Å². The standard InChI is InChI=1S/C17H29N5O3.ClH/c23-15(21-17(25)20-13-5-6-13)11-22-8-2-3-12(10-22)9-19-16(24)14-4-1-7-18-14;/h12-14,18H,1-11H2,(H,19,24)(H2,20,21,23,25);1H. The fourth-order valence-corrected chi connectivity index (χ4v) is 3.56. The SMILES string of the molecule is Cl.O=C(CN1CCCC(CNC(=O)C2CCCN2)C1)NC(=O)NC1CC1. The molecule has 3 fully saturated rings. The van der Waals surface area contributed by atoms with E-state index in [0.29, 0.717) is 12.5 Å². The molecule has 2 heterocycles. The number of nitrogens with one attached hydrogen (secondary N) is 4. The van der Waals surface area contributed by atoms with E-state index in [1.54, 1.807) is 0 Å². The molecule has 26 heavy (non-hydrogen) atoms. The van der Waals surface area contributed by atoms with Crippen LogP contribution in [-0.4, -0.2) is 67.6 Å². The van der Waals surface area contributed by atoms with Gasteiger partial charge in [0.2, 0.25) is 11.8 Å². The van der Waals surface area contributed by atoms with E-state index in [1.807, 2.05) is 0 Å². The van der Waals surface area contributed by atoms with Crippen LogP contribution >= 0.6 is 12.4 Å². The van der Waals surface area contributed by atoms with Gasteiger partial charge in [0, 0.05) is 19.1 Å². The van der Waals surface area contributed by atoms with Crippen LogP contribution in [-0.2, 0) is 9.59 Å². The number of rotatable bonds is 6. The molecule has 2 atom stereocenters. The summed E-state index contributed by atoms with van der Waals surface area (Å²) in [7, 11) is 0. The number of carbonyl (C=O) groups excluding carboxylic acids is 3. The molecule has 4 amide bonds. The Labute approximate surface area is 160 Å². The summed E-state index contributed by atoms with van der Waals surface area (Å²) >= 11 is 0. The predicted octanol–water partition coefficient (Wildman–Crippen LogP) is -0.0234. The topological polar surface area (TPSA) is 103 Å². The first-order valence-electron chi connectivity index (χ1n) is 9.44. The summed E-state index contributed by atoms with van der Waals surface area (Å²) in [6.07, 6.45) is 6.02. The van der Waals surface area contributed by atoms with Gasteiger partial charge < -0.3 is 16.0 Å². The van der Waals surface area contributed by atoms with Gasteiger partial charge in [0.15, 0.2) is 0 Å². The van der Waals surface area contributed by atoms with Crippen LogP contribution < -0.4 is 21.3 Å². The van der Waals surface area contributed by atoms with E-state index in [-0.39, 0.29) is 42.8 Å². The number of hydrogen-bond acceptors (Lipinski definition) is 5. The number of halogens is 1. The molecule has 0 bridgehead atoms. The lowest BCUT2D eigenvalue weighted by Gasteiger charge is -2.32. The van der Waals surface area contributed by atoms with Gasteiger partial charge in [-0.05, 0) is 57.5 Å². The molecule has 9 heteroatoms. The van der Waals surface area contributed by atoms with Crippen molar-refractivity contribution in [2.24, 2.45) is 5.92 Å². The average molecular weight is 388 g/mol. The predicted molar refractivity (Wildman–Crippen MR) is 100 cm³/mol. The highest BCUT2D eigenvalue weighted by Crippen LogP contribution is 2.18. The van der Waals surface area contributed by atoms with Gasteiger partial charge in [-0.25, -0.2) is 4.79 Å². The molecule has 2 saturated heterocycles. The molecule has 2 aliphatic heterocycles. The summed E-state index contributed by atoms with van der Waals surface area (Å²) in [6.45, 7) is 3.42. The van der Waals surface area contributed by atoms with Crippen LogP contribution in [0.25, 0.3) is 0 Å². The Morgan fingerprint density at radius 3 is 2.58 bits per heavy atom. The molecule has 8 nitrogen and oxygen atoms in total. The second-order valence-corrected chi connectivity index (χ2v) is 7.43. The Kier molecular flexibility index (Phi) is 8.12. The second kappa shape index (κ2) is 10.1.